The summed E-state index contributed by atoms with van der Waals surface area (Å²) in [5.41, 5.74) is -6.31. The number of rotatable bonds is 5. The summed E-state index contributed by atoms with van der Waals surface area (Å²) in [6.45, 7) is 3.40. The van der Waals surface area contributed by atoms with E-state index in [-0.39, 0.29) is 5.69 Å². The molecule has 0 heterocycles. The van der Waals surface area contributed by atoms with Crippen molar-refractivity contribution < 1.29 is 35.5 Å². The van der Waals surface area contributed by atoms with Crippen LogP contribution >= 0.6 is 0 Å². The lowest BCUT2D eigenvalue weighted by Gasteiger charge is -2.25. The van der Waals surface area contributed by atoms with Crippen LogP contribution in [0.1, 0.15) is 42.5 Å². The maximum Gasteiger partial charge on any atom is 0.417 e. The van der Waals surface area contributed by atoms with Crippen molar-refractivity contribution >= 4 is 17.3 Å². The number of amides is 1. The van der Waals surface area contributed by atoms with Gasteiger partial charge in [0, 0.05) is 23.1 Å². The molecule has 2 rings (SSSR count). The first kappa shape index (κ1) is 25.6. The molecule has 0 aliphatic heterocycles. The summed E-state index contributed by atoms with van der Waals surface area (Å²) in [6, 6.07) is 3.89. The maximum atomic E-state index is 14.5. The highest BCUT2D eigenvalue weighted by molar-refractivity contribution is 6.05. The van der Waals surface area contributed by atoms with Crippen molar-refractivity contribution in [1.82, 2.24) is 0 Å². The SMILES string of the molecule is Cc1c(F)c(F)c(F)c(/C(CC(C)(C)C(=O)Nc2ccc(C#N)c(C(F)(F)F)c2)=N/N)c1F. The number of nitriles is 1. The number of hydrogen-bond donors (Lipinski definition) is 2. The van der Waals surface area contributed by atoms with Crippen LogP contribution in [0, 0.1) is 46.9 Å². The Balaban J connectivity index is 2.38. The molecule has 0 aliphatic rings. The Bertz CT molecular complexity index is 1150. The Labute approximate surface area is 183 Å². The zero-order chi connectivity index (χ0) is 25.3. The molecule has 0 saturated carbocycles. The predicted octanol–water partition coefficient (Wildman–Crippen LogP) is 5.16. The number of nitrogens with one attached hydrogen (secondary N) is 1. The number of nitrogens with zero attached hydrogens (tertiary/aromatic N) is 2. The Hall–Kier alpha value is -3.62. The van der Waals surface area contributed by atoms with Gasteiger partial charge < -0.3 is 11.2 Å². The minimum Gasteiger partial charge on any atom is -0.326 e. The van der Waals surface area contributed by atoms with Gasteiger partial charge in [-0.25, -0.2) is 17.6 Å². The quantitative estimate of drug-likeness (QED) is 0.157. The fourth-order valence-electron chi connectivity index (χ4n) is 2.96. The molecule has 0 fully saturated rings. The van der Waals surface area contributed by atoms with Crippen molar-refractivity contribution in [1.29, 1.82) is 5.26 Å². The molecular weight excluding hydrogens is 457 g/mol. The van der Waals surface area contributed by atoms with Gasteiger partial charge in [-0.05, 0) is 25.1 Å². The Morgan fingerprint density at radius 3 is 2.21 bits per heavy atom. The van der Waals surface area contributed by atoms with Crippen molar-refractivity contribution in [3.05, 3.63) is 63.7 Å². The number of halogens is 7. The highest BCUT2D eigenvalue weighted by atomic mass is 19.4. The average Bonchev–Trinajstić information content (AvgIpc) is 2.74. The topological polar surface area (TPSA) is 91.3 Å². The summed E-state index contributed by atoms with van der Waals surface area (Å²) in [5.74, 6) is -2.75. The Morgan fingerprint density at radius 2 is 1.70 bits per heavy atom. The van der Waals surface area contributed by atoms with Crippen LogP contribution in [0.15, 0.2) is 23.3 Å². The van der Waals surface area contributed by atoms with Gasteiger partial charge >= 0.3 is 6.18 Å². The summed E-state index contributed by atoms with van der Waals surface area (Å²) < 4.78 is 95.5. The summed E-state index contributed by atoms with van der Waals surface area (Å²) >= 11 is 0. The molecule has 2 aromatic rings. The van der Waals surface area contributed by atoms with Crippen LogP contribution in [0.5, 0.6) is 0 Å². The van der Waals surface area contributed by atoms with Crippen LogP contribution in [-0.4, -0.2) is 11.6 Å². The second-order valence-corrected chi connectivity index (χ2v) is 7.72. The first-order valence-corrected chi connectivity index (χ1v) is 9.18. The number of anilines is 1. The number of carbonyl (C=O) groups excluding carboxylic acids is 1. The zero-order valence-electron chi connectivity index (χ0n) is 17.5. The molecular formula is C21H17F7N4O. The second kappa shape index (κ2) is 9.09. The molecule has 0 aliphatic carbocycles. The molecule has 2 aromatic carbocycles. The molecule has 0 saturated heterocycles. The Kier molecular flexibility index (Phi) is 7.06. The van der Waals surface area contributed by atoms with Gasteiger partial charge in [0.1, 0.15) is 5.82 Å². The van der Waals surface area contributed by atoms with E-state index in [0.717, 1.165) is 19.1 Å². The third-order valence-electron chi connectivity index (χ3n) is 4.85. The highest BCUT2D eigenvalue weighted by Crippen LogP contribution is 2.35. The molecule has 5 nitrogen and oxygen atoms in total. The number of nitrogens with two attached hydrogens (primary N) is 1. The highest BCUT2D eigenvalue weighted by Gasteiger charge is 2.36. The smallest absolute Gasteiger partial charge is 0.326 e. The van der Waals surface area contributed by atoms with Gasteiger partial charge in [-0.2, -0.15) is 23.5 Å². The lowest BCUT2D eigenvalue weighted by molar-refractivity contribution is -0.137. The standard InChI is InChI=1S/C21H17F7N4O/c1-9-15(22)14(17(24)18(25)16(9)23)13(32-30)7-20(2,3)19(33)31-11-5-4-10(8-29)12(6-11)21(26,27)28/h4-6H,7,30H2,1-3H3,(H,31,33)/b32-13+. The average molecular weight is 474 g/mol. The van der Waals surface area contributed by atoms with Gasteiger partial charge in [-0.15, -0.1) is 0 Å². The van der Waals surface area contributed by atoms with Gasteiger partial charge in [-0.1, -0.05) is 13.8 Å². The second-order valence-electron chi connectivity index (χ2n) is 7.72. The first-order chi connectivity index (χ1) is 15.2. The lowest BCUT2D eigenvalue weighted by atomic mass is 9.83. The van der Waals surface area contributed by atoms with Crippen LogP contribution < -0.4 is 11.2 Å². The molecule has 33 heavy (non-hydrogen) atoms. The van der Waals surface area contributed by atoms with Gasteiger partial charge in [0.05, 0.1) is 28.5 Å². The van der Waals surface area contributed by atoms with Crippen molar-refractivity contribution in [3.8, 4) is 6.07 Å². The molecule has 3 N–H and O–H groups in total. The van der Waals surface area contributed by atoms with Crippen molar-refractivity contribution in [3.63, 3.8) is 0 Å². The van der Waals surface area contributed by atoms with E-state index in [1.165, 1.54) is 19.9 Å². The molecule has 0 radical (unpaired) electrons. The van der Waals surface area contributed by atoms with Gasteiger partial charge in [0.15, 0.2) is 17.5 Å². The molecule has 176 valence electrons. The van der Waals surface area contributed by atoms with Crippen molar-refractivity contribution in [2.45, 2.75) is 33.4 Å². The van der Waals surface area contributed by atoms with Gasteiger partial charge in [0.25, 0.3) is 0 Å². The zero-order valence-corrected chi connectivity index (χ0v) is 17.5. The third-order valence-corrected chi connectivity index (χ3v) is 4.85. The molecule has 1 amide bonds. The van der Waals surface area contributed by atoms with Crippen molar-refractivity contribution in [2.24, 2.45) is 16.4 Å². The van der Waals surface area contributed by atoms with Crippen LogP contribution in [0.4, 0.5) is 36.4 Å². The minimum absolute atomic E-state index is 0.299. The van der Waals surface area contributed by atoms with Crippen LogP contribution in [-0.2, 0) is 11.0 Å². The number of carbonyl (C=O) groups is 1. The van der Waals surface area contributed by atoms with E-state index in [1.54, 1.807) is 0 Å². The maximum absolute atomic E-state index is 14.5. The molecule has 0 bridgehead atoms. The van der Waals surface area contributed by atoms with E-state index in [9.17, 15) is 35.5 Å². The molecule has 12 heteroatoms. The number of hydrazone groups is 1. The van der Waals surface area contributed by atoms with E-state index >= 15 is 0 Å². The predicted molar refractivity (Wildman–Crippen MR) is 105 cm³/mol. The van der Waals surface area contributed by atoms with E-state index in [0.29, 0.717) is 6.07 Å². The summed E-state index contributed by atoms with van der Waals surface area (Å²) in [5, 5.41) is 14.3. The first-order valence-electron chi connectivity index (χ1n) is 9.18. The lowest BCUT2D eigenvalue weighted by Crippen LogP contribution is -2.34. The number of hydrogen-bond acceptors (Lipinski definition) is 4. The van der Waals surface area contributed by atoms with E-state index in [2.05, 4.69) is 10.4 Å². The van der Waals surface area contributed by atoms with Crippen molar-refractivity contribution in [2.75, 3.05) is 5.32 Å². The molecule has 0 aromatic heterocycles. The van der Waals surface area contributed by atoms with Gasteiger partial charge in [0.2, 0.25) is 5.91 Å². The molecule has 0 atom stereocenters. The van der Waals surface area contributed by atoms with Crippen LogP contribution in [0.25, 0.3) is 0 Å². The molecule has 0 spiro atoms. The monoisotopic (exact) mass is 474 g/mol. The minimum atomic E-state index is -4.86. The van der Waals surface area contributed by atoms with E-state index in [1.807, 2.05) is 0 Å². The van der Waals surface area contributed by atoms with Crippen LogP contribution in [0.2, 0.25) is 0 Å². The summed E-state index contributed by atoms with van der Waals surface area (Å²) in [6.07, 6.45) is -5.45. The Morgan fingerprint density at radius 1 is 1.09 bits per heavy atom. The number of alkyl halides is 3. The normalized spacial score (nSPS) is 12.5. The van der Waals surface area contributed by atoms with E-state index < -0.39 is 75.2 Å². The van der Waals surface area contributed by atoms with Gasteiger partial charge in [-0.3, -0.25) is 4.79 Å². The van der Waals surface area contributed by atoms with E-state index in [4.69, 9.17) is 11.1 Å². The number of benzene rings is 2. The fourth-order valence-corrected chi connectivity index (χ4v) is 2.96. The summed E-state index contributed by atoms with van der Waals surface area (Å²) in [4.78, 5) is 12.7. The third kappa shape index (κ3) is 5.08. The largest absolute Gasteiger partial charge is 0.417 e. The summed E-state index contributed by atoms with van der Waals surface area (Å²) in [7, 11) is 0. The molecule has 0 unspecified atom stereocenters. The fraction of sp³-hybridized carbons (Fsp3) is 0.286. The van der Waals surface area contributed by atoms with Crippen LogP contribution in [0.3, 0.4) is 0 Å².